The summed E-state index contributed by atoms with van der Waals surface area (Å²) < 4.78 is 11.5. The molecule has 1 N–H and O–H groups in total. The maximum absolute atomic E-state index is 12.3. The minimum Gasteiger partial charge on any atom is -0.497 e. The summed E-state index contributed by atoms with van der Waals surface area (Å²) in [7, 11) is 1.56. The summed E-state index contributed by atoms with van der Waals surface area (Å²) in [5.41, 5.74) is 0.615. The highest BCUT2D eigenvalue weighted by Gasteiger charge is 2.16. The summed E-state index contributed by atoms with van der Waals surface area (Å²) >= 11 is 3.34. The Labute approximate surface area is 161 Å². The van der Waals surface area contributed by atoms with Gasteiger partial charge in [0.1, 0.15) is 11.5 Å². The van der Waals surface area contributed by atoms with Gasteiger partial charge in [-0.25, -0.2) is 0 Å². The minimum absolute atomic E-state index is 0.0454. The lowest BCUT2D eigenvalue weighted by atomic mass is 10.3. The van der Waals surface area contributed by atoms with Crippen molar-refractivity contribution in [3.63, 3.8) is 0 Å². The Morgan fingerprint density at radius 1 is 1.12 bits per heavy atom. The van der Waals surface area contributed by atoms with Crippen molar-refractivity contribution in [2.45, 2.75) is 6.92 Å². The third-order valence-electron chi connectivity index (χ3n) is 3.60. The highest BCUT2D eigenvalue weighted by molar-refractivity contribution is 9.10. The number of ether oxygens (including phenoxy) is 2. The normalized spacial score (nSPS) is 10.1. The van der Waals surface area contributed by atoms with Crippen molar-refractivity contribution in [3.8, 4) is 11.5 Å². The molecule has 0 saturated heterocycles. The van der Waals surface area contributed by atoms with E-state index in [2.05, 4.69) is 21.2 Å². The predicted octanol–water partition coefficient (Wildman–Crippen LogP) is 3.32. The molecule has 2 amide bonds. The number of benzene rings is 2. The van der Waals surface area contributed by atoms with Crippen LogP contribution in [0.3, 0.4) is 0 Å². The molecule has 0 atom stereocenters. The number of carbonyl (C=O) groups is 2. The van der Waals surface area contributed by atoms with E-state index >= 15 is 0 Å². The summed E-state index contributed by atoms with van der Waals surface area (Å²) in [5.74, 6) is 0.709. The minimum atomic E-state index is -0.280. The number of rotatable bonds is 8. The van der Waals surface area contributed by atoms with E-state index in [4.69, 9.17) is 9.47 Å². The van der Waals surface area contributed by atoms with Crippen LogP contribution in [-0.2, 0) is 9.59 Å². The average Bonchev–Trinajstić information content (AvgIpc) is 2.65. The van der Waals surface area contributed by atoms with Crippen LogP contribution in [-0.4, -0.2) is 43.5 Å². The van der Waals surface area contributed by atoms with Crippen LogP contribution in [0.2, 0.25) is 0 Å². The van der Waals surface area contributed by atoms with Gasteiger partial charge in [0.25, 0.3) is 5.91 Å². The zero-order valence-electron chi connectivity index (χ0n) is 14.7. The highest BCUT2D eigenvalue weighted by atomic mass is 79.9. The molecule has 2 rings (SSSR count). The Hall–Kier alpha value is -2.54. The zero-order valence-corrected chi connectivity index (χ0v) is 16.3. The van der Waals surface area contributed by atoms with Crippen molar-refractivity contribution >= 4 is 33.4 Å². The molecule has 26 heavy (non-hydrogen) atoms. The fourth-order valence-corrected chi connectivity index (χ4v) is 2.48. The molecular formula is C19H21BrN2O4. The molecule has 0 bridgehead atoms. The Bertz CT molecular complexity index is 749. The van der Waals surface area contributed by atoms with Gasteiger partial charge in [0.2, 0.25) is 5.91 Å². The molecule has 7 heteroatoms. The molecule has 0 unspecified atom stereocenters. The predicted molar refractivity (Wildman–Crippen MR) is 104 cm³/mol. The van der Waals surface area contributed by atoms with Crippen LogP contribution in [0.5, 0.6) is 11.5 Å². The Morgan fingerprint density at radius 2 is 1.85 bits per heavy atom. The van der Waals surface area contributed by atoms with Crippen molar-refractivity contribution < 1.29 is 19.1 Å². The number of nitrogens with zero attached hydrogens (tertiary/aromatic N) is 1. The molecule has 138 valence electrons. The quantitative estimate of drug-likeness (QED) is 0.710. The highest BCUT2D eigenvalue weighted by Crippen LogP contribution is 2.17. The molecule has 0 aliphatic rings. The number of carbonyl (C=O) groups excluding carboxylic acids is 2. The molecular weight excluding hydrogens is 400 g/mol. The summed E-state index contributed by atoms with van der Waals surface area (Å²) in [6, 6.07) is 14.2. The first kappa shape index (κ1) is 19.8. The summed E-state index contributed by atoms with van der Waals surface area (Å²) in [4.78, 5) is 25.9. The van der Waals surface area contributed by atoms with E-state index in [0.29, 0.717) is 23.7 Å². The van der Waals surface area contributed by atoms with Crippen LogP contribution in [0.1, 0.15) is 6.92 Å². The molecule has 0 saturated carbocycles. The van der Waals surface area contributed by atoms with Gasteiger partial charge in [-0.05, 0) is 43.3 Å². The van der Waals surface area contributed by atoms with Gasteiger partial charge in [-0.3, -0.25) is 9.59 Å². The first-order chi connectivity index (χ1) is 12.5. The van der Waals surface area contributed by atoms with Gasteiger partial charge in [0.15, 0.2) is 6.61 Å². The van der Waals surface area contributed by atoms with E-state index in [9.17, 15) is 9.59 Å². The topological polar surface area (TPSA) is 67.9 Å². The van der Waals surface area contributed by atoms with Gasteiger partial charge >= 0.3 is 0 Å². The molecule has 0 radical (unpaired) electrons. The van der Waals surface area contributed by atoms with Crippen molar-refractivity contribution in [1.29, 1.82) is 0 Å². The third-order valence-corrected chi connectivity index (χ3v) is 4.13. The van der Waals surface area contributed by atoms with E-state index in [1.165, 1.54) is 4.90 Å². The first-order valence-corrected chi connectivity index (χ1v) is 8.91. The van der Waals surface area contributed by atoms with E-state index < -0.39 is 0 Å². The van der Waals surface area contributed by atoms with Gasteiger partial charge in [0.05, 0.1) is 13.7 Å². The lowest BCUT2D eigenvalue weighted by Crippen LogP contribution is -2.40. The second-order valence-electron chi connectivity index (χ2n) is 5.43. The average molecular weight is 421 g/mol. The van der Waals surface area contributed by atoms with Crippen LogP contribution in [0.15, 0.2) is 53.0 Å². The summed E-state index contributed by atoms with van der Waals surface area (Å²) in [5, 5.41) is 2.76. The second kappa shape index (κ2) is 9.82. The summed E-state index contributed by atoms with van der Waals surface area (Å²) in [6.45, 7) is 2.06. The fourth-order valence-electron chi connectivity index (χ4n) is 2.22. The van der Waals surface area contributed by atoms with Gasteiger partial charge in [-0.15, -0.1) is 0 Å². The molecule has 0 heterocycles. The summed E-state index contributed by atoms with van der Waals surface area (Å²) in [6.07, 6.45) is 0. The number of hydrogen-bond acceptors (Lipinski definition) is 4. The molecule has 2 aromatic carbocycles. The number of halogens is 1. The van der Waals surface area contributed by atoms with Crippen LogP contribution < -0.4 is 14.8 Å². The second-order valence-corrected chi connectivity index (χ2v) is 6.35. The Balaban J connectivity index is 1.87. The van der Waals surface area contributed by atoms with E-state index in [0.717, 1.165) is 4.47 Å². The van der Waals surface area contributed by atoms with Gasteiger partial charge in [-0.2, -0.15) is 0 Å². The van der Waals surface area contributed by atoms with Crippen LogP contribution in [0.25, 0.3) is 0 Å². The van der Waals surface area contributed by atoms with Gasteiger partial charge in [0, 0.05) is 22.8 Å². The Kier molecular flexibility index (Phi) is 7.47. The monoisotopic (exact) mass is 420 g/mol. The SMILES string of the molecule is CCN(CC(=O)Nc1cccc(OC)c1)C(=O)COc1ccc(Br)cc1. The lowest BCUT2D eigenvalue weighted by molar-refractivity contribution is -0.136. The molecule has 2 aromatic rings. The number of methoxy groups -OCH3 is 1. The molecule has 0 spiro atoms. The van der Waals surface area contributed by atoms with Crippen molar-refractivity contribution in [2.24, 2.45) is 0 Å². The van der Waals surface area contributed by atoms with E-state index in [1.54, 1.807) is 43.5 Å². The number of anilines is 1. The number of likely N-dealkylation sites (N-methyl/N-ethyl adjacent to an activating group) is 1. The standard InChI is InChI=1S/C19H21BrN2O4/c1-3-22(19(24)13-26-16-9-7-14(20)8-10-16)12-18(23)21-15-5-4-6-17(11-15)25-2/h4-11H,3,12-13H2,1-2H3,(H,21,23). The maximum atomic E-state index is 12.3. The third kappa shape index (κ3) is 6.07. The van der Waals surface area contributed by atoms with Crippen LogP contribution in [0, 0.1) is 0 Å². The van der Waals surface area contributed by atoms with E-state index in [-0.39, 0.29) is 25.0 Å². The zero-order chi connectivity index (χ0) is 18.9. The van der Waals surface area contributed by atoms with Crippen LogP contribution in [0.4, 0.5) is 5.69 Å². The Morgan fingerprint density at radius 3 is 2.50 bits per heavy atom. The fraction of sp³-hybridized carbons (Fsp3) is 0.263. The number of hydrogen-bond donors (Lipinski definition) is 1. The van der Waals surface area contributed by atoms with Crippen molar-refractivity contribution in [2.75, 3.05) is 32.1 Å². The lowest BCUT2D eigenvalue weighted by Gasteiger charge is -2.20. The molecule has 0 aromatic heterocycles. The smallest absolute Gasteiger partial charge is 0.260 e. The van der Waals surface area contributed by atoms with Crippen LogP contribution >= 0.6 is 15.9 Å². The largest absolute Gasteiger partial charge is 0.497 e. The first-order valence-electron chi connectivity index (χ1n) is 8.12. The maximum Gasteiger partial charge on any atom is 0.260 e. The van der Waals surface area contributed by atoms with Crippen molar-refractivity contribution in [1.82, 2.24) is 4.90 Å². The molecule has 0 fully saturated rings. The van der Waals surface area contributed by atoms with E-state index in [1.807, 2.05) is 19.1 Å². The number of amides is 2. The van der Waals surface area contributed by atoms with Gasteiger partial charge in [-0.1, -0.05) is 22.0 Å². The van der Waals surface area contributed by atoms with Crippen molar-refractivity contribution in [3.05, 3.63) is 53.0 Å². The molecule has 0 aliphatic heterocycles. The molecule has 6 nitrogen and oxygen atoms in total. The van der Waals surface area contributed by atoms with Gasteiger partial charge < -0.3 is 19.7 Å². The number of nitrogens with one attached hydrogen (secondary N) is 1. The molecule has 0 aliphatic carbocycles.